The fraction of sp³-hybridized carbons (Fsp3) is 0.231. The van der Waals surface area contributed by atoms with Crippen molar-refractivity contribution < 1.29 is 32.5 Å². The molecule has 0 aliphatic carbocycles. The van der Waals surface area contributed by atoms with E-state index in [2.05, 4.69) is 25.8 Å². The molecular formula is C13H10BrF3N2O4. The Balaban J connectivity index is 2.11. The van der Waals surface area contributed by atoms with Gasteiger partial charge in [0.25, 0.3) is 0 Å². The zero-order valence-electron chi connectivity index (χ0n) is 11.6. The molecule has 2 rings (SSSR count). The van der Waals surface area contributed by atoms with Crippen molar-refractivity contribution >= 4 is 21.9 Å². The number of hydrogen-bond donors (Lipinski definition) is 1. The number of hydrogen-bond acceptors (Lipinski definition) is 4. The van der Waals surface area contributed by atoms with Gasteiger partial charge in [-0.1, -0.05) is 6.07 Å². The minimum Gasteiger partial charge on any atom is -0.487 e. The Morgan fingerprint density at radius 2 is 2.04 bits per heavy atom. The summed E-state index contributed by atoms with van der Waals surface area (Å²) in [7, 11) is 1.45. The average Bonchev–Trinajstić information content (AvgIpc) is 2.69. The lowest BCUT2D eigenvalue weighted by Crippen LogP contribution is -2.17. The van der Waals surface area contributed by atoms with Crippen LogP contribution < -0.4 is 9.47 Å². The second kappa shape index (κ2) is 6.49. The van der Waals surface area contributed by atoms with Crippen LogP contribution in [0.5, 0.6) is 11.5 Å². The highest BCUT2D eigenvalue weighted by molar-refractivity contribution is 9.10. The van der Waals surface area contributed by atoms with Crippen LogP contribution in [0.1, 0.15) is 16.2 Å². The van der Waals surface area contributed by atoms with E-state index < -0.39 is 18.1 Å². The lowest BCUT2D eigenvalue weighted by Gasteiger charge is -2.10. The lowest BCUT2D eigenvalue weighted by molar-refractivity contribution is -0.274. The smallest absolute Gasteiger partial charge is 0.487 e. The van der Waals surface area contributed by atoms with Crippen LogP contribution in [-0.4, -0.2) is 27.2 Å². The van der Waals surface area contributed by atoms with Gasteiger partial charge in [0.15, 0.2) is 5.69 Å². The number of rotatable bonds is 5. The number of carbonyl (C=O) groups is 1. The first-order chi connectivity index (χ1) is 10.7. The monoisotopic (exact) mass is 394 g/mol. The van der Waals surface area contributed by atoms with Crippen molar-refractivity contribution in [1.29, 1.82) is 0 Å². The number of ether oxygens (including phenoxy) is 2. The predicted octanol–water partition coefficient (Wildman–Crippen LogP) is 3.36. The molecule has 0 fully saturated rings. The Kier molecular flexibility index (Phi) is 4.83. The average molecular weight is 395 g/mol. The molecule has 10 heteroatoms. The van der Waals surface area contributed by atoms with E-state index in [1.54, 1.807) is 0 Å². The Labute approximate surface area is 136 Å². The molecule has 1 aromatic carbocycles. The van der Waals surface area contributed by atoms with Gasteiger partial charge in [-0.25, -0.2) is 4.79 Å². The van der Waals surface area contributed by atoms with Gasteiger partial charge in [-0.15, -0.1) is 13.2 Å². The molecule has 0 bridgehead atoms. The van der Waals surface area contributed by atoms with E-state index in [0.29, 0.717) is 5.69 Å². The summed E-state index contributed by atoms with van der Waals surface area (Å²) in [6, 6.07) is 4.99. The maximum atomic E-state index is 12.2. The van der Waals surface area contributed by atoms with Gasteiger partial charge in [-0.2, -0.15) is 5.10 Å². The third-order valence-corrected chi connectivity index (χ3v) is 3.51. The van der Waals surface area contributed by atoms with Crippen LogP contribution in [0, 0.1) is 0 Å². The molecule has 1 heterocycles. The molecule has 2 aromatic rings. The van der Waals surface area contributed by atoms with Gasteiger partial charge in [-0.05, 0) is 28.1 Å². The van der Waals surface area contributed by atoms with Gasteiger partial charge in [0, 0.05) is 13.1 Å². The van der Waals surface area contributed by atoms with E-state index in [0.717, 1.165) is 16.8 Å². The first-order valence-electron chi connectivity index (χ1n) is 6.10. The quantitative estimate of drug-likeness (QED) is 0.841. The first kappa shape index (κ1) is 17.1. The standard InChI is InChI=1S/C13H10BrF3N2O4/c1-19-11(12(20)21)10(14)9(18-19)6-22-7-3-2-4-8(5-7)23-13(15,16)17/h2-5H,6H2,1H3,(H,20,21). The van der Waals surface area contributed by atoms with Crippen LogP contribution in [0.4, 0.5) is 13.2 Å². The largest absolute Gasteiger partial charge is 0.573 e. The van der Waals surface area contributed by atoms with Crippen LogP contribution >= 0.6 is 15.9 Å². The molecule has 1 aromatic heterocycles. The first-order valence-corrected chi connectivity index (χ1v) is 6.90. The lowest BCUT2D eigenvalue weighted by atomic mass is 10.3. The van der Waals surface area contributed by atoms with Gasteiger partial charge in [0.2, 0.25) is 0 Å². The van der Waals surface area contributed by atoms with E-state index in [-0.39, 0.29) is 22.5 Å². The van der Waals surface area contributed by atoms with E-state index >= 15 is 0 Å². The Morgan fingerprint density at radius 3 is 2.61 bits per heavy atom. The minimum absolute atomic E-state index is 0.0576. The highest BCUT2D eigenvalue weighted by atomic mass is 79.9. The molecule has 0 atom stereocenters. The summed E-state index contributed by atoms with van der Waals surface area (Å²) in [4.78, 5) is 11.1. The normalized spacial score (nSPS) is 11.3. The molecule has 0 saturated carbocycles. The highest BCUT2D eigenvalue weighted by Gasteiger charge is 2.31. The van der Waals surface area contributed by atoms with Crippen molar-refractivity contribution in [3.05, 3.63) is 40.1 Å². The molecule has 0 spiro atoms. The van der Waals surface area contributed by atoms with Gasteiger partial charge >= 0.3 is 12.3 Å². The summed E-state index contributed by atoms with van der Waals surface area (Å²) in [5, 5.41) is 13.0. The maximum Gasteiger partial charge on any atom is 0.573 e. The molecule has 6 nitrogen and oxygen atoms in total. The molecule has 0 radical (unpaired) electrons. The van der Waals surface area contributed by atoms with Crippen LogP contribution in [-0.2, 0) is 13.7 Å². The van der Waals surface area contributed by atoms with Gasteiger partial charge < -0.3 is 14.6 Å². The van der Waals surface area contributed by atoms with E-state index in [9.17, 15) is 18.0 Å². The summed E-state index contributed by atoms with van der Waals surface area (Å²) in [6.07, 6.45) is -4.79. The van der Waals surface area contributed by atoms with Crippen molar-refractivity contribution in [2.75, 3.05) is 0 Å². The molecule has 0 aliphatic heterocycles. The van der Waals surface area contributed by atoms with Crippen molar-refractivity contribution in [3.63, 3.8) is 0 Å². The maximum absolute atomic E-state index is 12.2. The molecule has 0 amide bonds. The predicted molar refractivity (Wildman–Crippen MR) is 75.3 cm³/mol. The van der Waals surface area contributed by atoms with Crippen molar-refractivity contribution in [3.8, 4) is 11.5 Å². The van der Waals surface area contributed by atoms with E-state index in [1.165, 1.54) is 19.2 Å². The zero-order chi connectivity index (χ0) is 17.2. The minimum atomic E-state index is -4.79. The summed E-state index contributed by atoms with van der Waals surface area (Å²) in [6.45, 7) is -0.128. The fourth-order valence-electron chi connectivity index (χ4n) is 1.79. The van der Waals surface area contributed by atoms with Crippen LogP contribution in [0.15, 0.2) is 28.7 Å². The topological polar surface area (TPSA) is 73.6 Å². The van der Waals surface area contributed by atoms with E-state index in [1.807, 2.05) is 0 Å². The van der Waals surface area contributed by atoms with Crippen LogP contribution in [0.3, 0.4) is 0 Å². The number of aryl methyl sites for hydroxylation is 1. The number of benzene rings is 1. The molecule has 124 valence electrons. The summed E-state index contributed by atoms with van der Waals surface area (Å²) >= 11 is 3.11. The number of aromatic nitrogens is 2. The highest BCUT2D eigenvalue weighted by Crippen LogP contribution is 2.27. The third-order valence-electron chi connectivity index (χ3n) is 2.67. The fourth-order valence-corrected chi connectivity index (χ4v) is 2.41. The van der Waals surface area contributed by atoms with Crippen LogP contribution in [0.25, 0.3) is 0 Å². The van der Waals surface area contributed by atoms with Crippen molar-refractivity contribution in [1.82, 2.24) is 9.78 Å². The summed E-state index contributed by atoms with van der Waals surface area (Å²) < 4.78 is 47.0. The number of aromatic carboxylic acids is 1. The van der Waals surface area contributed by atoms with E-state index in [4.69, 9.17) is 9.84 Å². The molecule has 23 heavy (non-hydrogen) atoms. The third kappa shape index (κ3) is 4.38. The second-order valence-corrected chi connectivity index (χ2v) is 5.14. The molecule has 0 unspecified atom stereocenters. The van der Waals surface area contributed by atoms with Gasteiger partial charge in [-0.3, -0.25) is 4.68 Å². The van der Waals surface area contributed by atoms with Crippen molar-refractivity contribution in [2.24, 2.45) is 7.05 Å². The second-order valence-electron chi connectivity index (χ2n) is 4.35. The number of carboxylic acids is 1. The summed E-state index contributed by atoms with van der Waals surface area (Å²) in [5.74, 6) is -1.46. The molecule has 0 saturated heterocycles. The van der Waals surface area contributed by atoms with Gasteiger partial charge in [0.05, 0.1) is 4.47 Å². The SMILES string of the molecule is Cn1nc(COc2cccc(OC(F)(F)F)c2)c(Br)c1C(=O)O. The Morgan fingerprint density at radius 1 is 1.39 bits per heavy atom. The molecular weight excluding hydrogens is 385 g/mol. The molecule has 1 N–H and O–H groups in total. The molecule has 0 aliphatic rings. The Hall–Kier alpha value is -2.23. The number of alkyl halides is 3. The summed E-state index contributed by atoms with van der Waals surface area (Å²) in [5.41, 5.74) is 0.241. The zero-order valence-corrected chi connectivity index (χ0v) is 13.2. The van der Waals surface area contributed by atoms with Crippen molar-refractivity contribution in [2.45, 2.75) is 13.0 Å². The van der Waals surface area contributed by atoms with Crippen LogP contribution in [0.2, 0.25) is 0 Å². The number of halogens is 4. The Bertz CT molecular complexity index is 730. The number of carboxylic acid groups (broad SMARTS) is 1. The number of nitrogens with zero attached hydrogens (tertiary/aromatic N) is 2. The van der Waals surface area contributed by atoms with Gasteiger partial charge in [0.1, 0.15) is 23.8 Å².